The van der Waals surface area contributed by atoms with Crippen LogP contribution in [0.4, 0.5) is 0 Å². The molecule has 3 rings (SSSR count). The summed E-state index contributed by atoms with van der Waals surface area (Å²) in [7, 11) is 1.67. The number of fused-ring (bicyclic) bond motifs is 3. The van der Waals surface area contributed by atoms with Crippen LogP contribution >= 0.6 is 0 Å². The van der Waals surface area contributed by atoms with Crippen LogP contribution in [0, 0.1) is 13.8 Å². The minimum absolute atomic E-state index is 0.272. The Morgan fingerprint density at radius 1 is 1.13 bits per heavy atom. The van der Waals surface area contributed by atoms with Crippen LogP contribution in [0.2, 0.25) is 0 Å². The SMILES string of the molecule is CC[C@H](C)n1c(C)c(C)n2c3c(=O)n(CC)c(=O)n(C)c3nc12. The van der Waals surface area contributed by atoms with E-state index in [-0.39, 0.29) is 17.3 Å². The predicted molar refractivity (Wildman–Crippen MR) is 90.3 cm³/mol. The van der Waals surface area contributed by atoms with Crippen molar-refractivity contribution in [2.24, 2.45) is 7.05 Å². The van der Waals surface area contributed by atoms with E-state index in [1.54, 1.807) is 14.0 Å². The molecule has 1 atom stereocenters. The lowest BCUT2D eigenvalue weighted by atomic mass is 10.2. The van der Waals surface area contributed by atoms with E-state index in [1.165, 1.54) is 9.13 Å². The molecule has 3 heterocycles. The molecule has 7 heteroatoms. The van der Waals surface area contributed by atoms with Crippen molar-refractivity contribution in [3.05, 3.63) is 32.2 Å². The summed E-state index contributed by atoms with van der Waals surface area (Å²) >= 11 is 0. The van der Waals surface area contributed by atoms with Crippen LogP contribution < -0.4 is 11.2 Å². The molecule has 124 valence electrons. The van der Waals surface area contributed by atoms with E-state index in [4.69, 9.17) is 0 Å². The minimum Gasteiger partial charge on any atom is -0.311 e. The summed E-state index contributed by atoms with van der Waals surface area (Å²) in [6.07, 6.45) is 0.964. The first-order chi connectivity index (χ1) is 10.8. The monoisotopic (exact) mass is 317 g/mol. The number of imidazole rings is 2. The molecule has 7 nitrogen and oxygen atoms in total. The van der Waals surface area contributed by atoms with E-state index in [0.29, 0.717) is 17.7 Å². The second kappa shape index (κ2) is 5.11. The van der Waals surface area contributed by atoms with Crippen LogP contribution in [0.3, 0.4) is 0 Å². The third kappa shape index (κ3) is 1.85. The number of hydrogen-bond donors (Lipinski definition) is 0. The van der Waals surface area contributed by atoms with Gasteiger partial charge in [-0.05, 0) is 34.1 Å². The maximum absolute atomic E-state index is 12.8. The smallest absolute Gasteiger partial charge is 0.311 e. The summed E-state index contributed by atoms with van der Waals surface area (Å²) < 4.78 is 6.76. The second-order valence-electron chi connectivity index (χ2n) is 6.11. The van der Waals surface area contributed by atoms with Crippen molar-refractivity contribution in [2.75, 3.05) is 0 Å². The average molecular weight is 317 g/mol. The molecule has 0 amide bonds. The zero-order chi connectivity index (χ0) is 17.0. The van der Waals surface area contributed by atoms with E-state index in [1.807, 2.05) is 18.2 Å². The van der Waals surface area contributed by atoms with Gasteiger partial charge in [-0.3, -0.25) is 18.3 Å². The van der Waals surface area contributed by atoms with Crippen molar-refractivity contribution < 1.29 is 0 Å². The maximum Gasteiger partial charge on any atom is 0.332 e. The number of aryl methyl sites for hydroxylation is 2. The van der Waals surface area contributed by atoms with E-state index in [9.17, 15) is 9.59 Å². The van der Waals surface area contributed by atoms with Crippen molar-refractivity contribution in [1.29, 1.82) is 0 Å². The van der Waals surface area contributed by atoms with Gasteiger partial charge in [-0.1, -0.05) is 6.92 Å². The van der Waals surface area contributed by atoms with Crippen LogP contribution in [0.5, 0.6) is 0 Å². The van der Waals surface area contributed by atoms with Gasteiger partial charge in [0, 0.05) is 31.0 Å². The fourth-order valence-corrected chi connectivity index (χ4v) is 3.26. The quantitative estimate of drug-likeness (QED) is 0.739. The molecule has 23 heavy (non-hydrogen) atoms. The zero-order valence-electron chi connectivity index (χ0n) is 14.5. The third-order valence-corrected chi connectivity index (χ3v) is 4.91. The highest BCUT2D eigenvalue weighted by Crippen LogP contribution is 2.25. The highest BCUT2D eigenvalue weighted by molar-refractivity contribution is 5.76. The topological polar surface area (TPSA) is 66.2 Å². The summed E-state index contributed by atoms with van der Waals surface area (Å²) in [5.41, 5.74) is 2.41. The van der Waals surface area contributed by atoms with Gasteiger partial charge in [0.1, 0.15) is 0 Å². The lowest BCUT2D eigenvalue weighted by molar-refractivity contribution is 0.532. The molecule has 0 N–H and O–H groups in total. The summed E-state index contributed by atoms with van der Waals surface area (Å²) in [4.78, 5) is 29.8. The van der Waals surface area contributed by atoms with Gasteiger partial charge in [0.05, 0.1) is 0 Å². The molecule has 0 unspecified atom stereocenters. The highest BCUT2D eigenvalue weighted by atomic mass is 16.2. The summed E-state index contributed by atoms with van der Waals surface area (Å²) in [6.45, 7) is 10.4. The van der Waals surface area contributed by atoms with Crippen molar-refractivity contribution in [2.45, 2.75) is 53.6 Å². The molecule has 0 spiro atoms. The lowest BCUT2D eigenvalue weighted by Gasteiger charge is -2.13. The number of aromatic nitrogens is 5. The molecule has 0 fully saturated rings. The van der Waals surface area contributed by atoms with Gasteiger partial charge in [0.2, 0.25) is 5.78 Å². The number of hydrogen-bond acceptors (Lipinski definition) is 3. The molecule has 3 aromatic heterocycles. The normalized spacial score (nSPS) is 13.3. The number of rotatable bonds is 3. The van der Waals surface area contributed by atoms with Crippen LogP contribution in [-0.4, -0.2) is 23.1 Å². The molecule has 0 aliphatic carbocycles. The fourth-order valence-electron chi connectivity index (χ4n) is 3.26. The molecular formula is C16H23N5O2. The molecule has 0 aromatic carbocycles. The van der Waals surface area contributed by atoms with E-state index in [0.717, 1.165) is 23.6 Å². The van der Waals surface area contributed by atoms with Crippen LogP contribution in [-0.2, 0) is 13.6 Å². The van der Waals surface area contributed by atoms with Gasteiger partial charge in [0.25, 0.3) is 5.56 Å². The van der Waals surface area contributed by atoms with Gasteiger partial charge in [-0.2, -0.15) is 4.98 Å². The summed E-state index contributed by atoms with van der Waals surface area (Å²) in [5, 5.41) is 0. The Morgan fingerprint density at radius 3 is 2.35 bits per heavy atom. The predicted octanol–water partition coefficient (Wildman–Crippen LogP) is 1.76. The first kappa shape index (κ1) is 15.6. The van der Waals surface area contributed by atoms with Gasteiger partial charge in [0.15, 0.2) is 11.2 Å². The Labute approximate surface area is 133 Å². The van der Waals surface area contributed by atoms with Crippen LogP contribution in [0.25, 0.3) is 16.9 Å². The van der Waals surface area contributed by atoms with Crippen molar-refractivity contribution >= 4 is 16.9 Å². The largest absolute Gasteiger partial charge is 0.332 e. The van der Waals surface area contributed by atoms with Crippen LogP contribution in [0.15, 0.2) is 9.59 Å². The standard InChI is InChI=1S/C16H23N5O2/c1-7-9(3)20-10(4)11(5)21-12-13(17-15(20)21)18(6)16(23)19(8-2)14(12)22/h9H,7-8H2,1-6H3/t9-/m0/s1. The highest BCUT2D eigenvalue weighted by Gasteiger charge is 2.23. The third-order valence-electron chi connectivity index (χ3n) is 4.91. The first-order valence-corrected chi connectivity index (χ1v) is 8.04. The summed E-state index contributed by atoms with van der Waals surface area (Å²) in [5.74, 6) is 0.727. The van der Waals surface area contributed by atoms with E-state index in [2.05, 4.69) is 23.4 Å². The molecule has 0 bridgehead atoms. The zero-order valence-corrected chi connectivity index (χ0v) is 14.5. The Morgan fingerprint density at radius 2 is 1.78 bits per heavy atom. The molecule has 3 aromatic rings. The molecule has 0 aliphatic heterocycles. The Kier molecular flexibility index (Phi) is 3.46. The minimum atomic E-state index is -0.324. The van der Waals surface area contributed by atoms with E-state index < -0.39 is 0 Å². The second-order valence-corrected chi connectivity index (χ2v) is 6.11. The summed E-state index contributed by atoms with van der Waals surface area (Å²) in [6, 6.07) is 0.272. The van der Waals surface area contributed by atoms with E-state index >= 15 is 0 Å². The molecular weight excluding hydrogens is 294 g/mol. The molecule has 0 saturated carbocycles. The van der Waals surface area contributed by atoms with Gasteiger partial charge in [-0.15, -0.1) is 0 Å². The molecule has 0 aliphatic rings. The molecule has 0 saturated heterocycles. The lowest BCUT2D eigenvalue weighted by Crippen LogP contribution is -2.38. The Bertz CT molecular complexity index is 1030. The van der Waals surface area contributed by atoms with Gasteiger partial charge >= 0.3 is 5.69 Å². The average Bonchev–Trinajstić information content (AvgIpc) is 3.02. The van der Waals surface area contributed by atoms with Crippen LogP contribution in [0.1, 0.15) is 44.6 Å². The van der Waals surface area contributed by atoms with Crippen molar-refractivity contribution in [1.82, 2.24) is 23.1 Å². The Hall–Kier alpha value is -2.31. The van der Waals surface area contributed by atoms with Crippen molar-refractivity contribution in [3.63, 3.8) is 0 Å². The Balaban J connectivity index is 2.62. The van der Waals surface area contributed by atoms with Crippen molar-refractivity contribution in [3.8, 4) is 0 Å². The molecule has 0 radical (unpaired) electrons. The van der Waals surface area contributed by atoms with Gasteiger partial charge in [-0.25, -0.2) is 4.79 Å². The number of nitrogens with zero attached hydrogens (tertiary/aromatic N) is 5. The fraction of sp³-hybridized carbons (Fsp3) is 0.562. The first-order valence-electron chi connectivity index (χ1n) is 8.04. The maximum atomic E-state index is 12.8. The van der Waals surface area contributed by atoms with Gasteiger partial charge < -0.3 is 4.57 Å².